The van der Waals surface area contributed by atoms with E-state index in [0.29, 0.717) is 11.6 Å². The van der Waals surface area contributed by atoms with E-state index in [1.54, 1.807) is 24.4 Å². The van der Waals surface area contributed by atoms with Crippen LogP contribution in [0.25, 0.3) is 0 Å². The van der Waals surface area contributed by atoms with Crippen molar-refractivity contribution in [3.8, 4) is 5.88 Å². The Balaban J connectivity index is 2.10. The first kappa shape index (κ1) is 13.1. The molecular formula is C10H12BrNO4S. The molecule has 1 fully saturated rings. The van der Waals surface area contributed by atoms with Crippen LogP contribution in [0, 0.1) is 0 Å². The molecule has 2 N–H and O–H groups in total. The number of nitrogens with zero attached hydrogens (tertiary/aromatic N) is 1. The molecule has 0 aromatic carbocycles. The molecule has 0 spiro atoms. The van der Waals surface area contributed by atoms with Crippen molar-refractivity contribution in [3.63, 3.8) is 0 Å². The fraction of sp³-hybridized carbons (Fsp3) is 0.500. The molecule has 1 aliphatic heterocycles. The van der Waals surface area contributed by atoms with Crippen LogP contribution in [0.1, 0.15) is 0 Å². The molecule has 5 nitrogen and oxygen atoms in total. The number of hydrogen-bond donors (Lipinski definition) is 2. The van der Waals surface area contributed by atoms with Crippen LogP contribution in [0.4, 0.5) is 0 Å². The number of rotatable bonds is 3. The van der Waals surface area contributed by atoms with E-state index >= 15 is 0 Å². The molecule has 7 heteroatoms. The molecule has 0 saturated carbocycles. The molecular weight excluding hydrogens is 310 g/mol. The van der Waals surface area contributed by atoms with E-state index in [2.05, 4.69) is 21.2 Å². The predicted octanol–water partition coefficient (Wildman–Crippen LogP) is 0.950. The standard InChI is InChI=1S/C10H12BrNO4S/c11-16-9-8(6(13)5-17-10(9)14)15-7-3-1-2-4-12-7/h1-4,6,8-10,13-14H,5H2/t6-,8+,9-,10-/m1/s1. The molecule has 0 radical (unpaired) electrons. The highest BCUT2D eigenvalue weighted by molar-refractivity contribution is 9.06. The van der Waals surface area contributed by atoms with Gasteiger partial charge in [0.2, 0.25) is 5.88 Å². The highest BCUT2D eigenvalue weighted by atomic mass is 79.9. The Morgan fingerprint density at radius 3 is 2.82 bits per heavy atom. The lowest BCUT2D eigenvalue weighted by molar-refractivity contribution is -0.0503. The summed E-state index contributed by atoms with van der Waals surface area (Å²) in [7, 11) is 0. The van der Waals surface area contributed by atoms with E-state index in [0.717, 1.165) is 0 Å². The number of aromatic nitrogens is 1. The van der Waals surface area contributed by atoms with Gasteiger partial charge in [-0.3, -0.25) is 3.83 Å². The maximum absolute atomic E-state index is 9.86. The van der Waals surface area contributed by atoms with Crippen molar-refractivity contribution in [1.29, 1.82) is 0 Å². The monoisotopic (exact) mass is 321 g/mol. The van der Waals surface area contributed by atoms with Gasteiger partial charge >= 0.3 is 0 Å². The minimum Gasteiger partial charge on any atom is -0.469 e. The van der Waals surface area contributed by atoms with Gasteiger partial charge in [0, 0.05) is 18.0 Å². The summed E-state index contributed by atoms with van der Waals surface area (Å²) in [5, 5.41) is 19.6. The molecule has 1 aromatic rings. The van der Waals surface area contributed by atoms with Crippen LogP contribution in [-0.2, 0) is 3.83 Å². The Morgan fingerprint density at radius 1 is 1.35 bits per heavy atom. The largest absolute Gasteiger partial charge is 0.469 e. The highest BCUT2D eigenvalue weighted by Gasteiger charge is 2.41. The number of ether oxygens (including phenoxy) is 1. The minimum atomic E-state index is -0.744. The number of aliphatic hydroxyl groups excluding tert-OH is 2. The van der Waals surface area contributed by atoms with Crippen LogP contribution in [0.5, 0.6) is 5.88 Å². The molecule has 2 heterocycles. The maximum Gasteiger partial charge on any atom is 0.213 e. The topological polar surface area (TPSA) is 71.8 Å². The van der Waals surface area contributed by atoms with Crippen LogP contribution in [0.15, 0.2) is 24.4 Å². The van der Waals surface area contributed by atoms with Gasteiger partial charge in [0.1, 0.15) is 17.6 Å². The molecule has 1 saturated heterocycles. The van der Waals surface area contributed by atoms with E-state index in [-0.39, 0.29) is 0 Å². The van der Waals surface area contributed by atoms with E-state index in [9.17, 15) is 10.2 Å². The van der Waals surface area contributed by atoms with Crippen LogP contribution < -0.4 is 4.74 Å². The van der Waals surface area contributed by atoms with Gasteiger partial charge in [-0.1, -0.05) is 6.07 Å². The highest BCUT2D eigenvalue weighted by Crippen LogP contribution is 2.30. The van der Waals surface area contributed by atoms with Crippen LogP contribution in [-0.4, -0.2) is 44.7 Å². The lowest BCUT2D eigenvalue weighted by Crippen LogP contribution is -2.52. The molecule has 17 heavy (non-hydrogen) atoms. The summed E-state index contributed by atoms with van der Waals surface area (Å²) >= 11 is 4.07. The fourth-order valence-electron chi connectivity index (χ4n) is 1.56. The lowest BCUT2D eigenvalue weighted by Gasteiger charge is -2.36. The van der Waals surface area contributed by atoms with Gasteiger partial charge < -0.3 is 14.9 Å². The third kappa shape index (κ3) is 3.11. The molecule has 0 aliphatic carbocycles. The van der Waals surface area contributed by atoms with Crippen LogP contribution in [0.2, 0.25) is 0 Å². The first-order valence-electron chi connectivity index (χ1n) is 5.05. The molecule has 0 unspecified atom stereocenters. The first-order valence-corrected chi connectivity index (χ1v) is 6.75. The molecule has 2 rings (SSSR count). The lowest BCUT2D eigenvalue weighted by atomic mass is 10.1. The van der Waals surface area contributed by atoms with Gasteiger partial charge in [0.25, 0.3) is 0 Å². The van der Waals surface area contributed by atoms with Crippen molar-refractivity contribution < 1.29 is 18.8 Å². The Hall–Kier alpha value is -0.340. The molecule has 4 atom stereocenters. The Labute approximate surface area is 112 Å². The fourth-order valence-corrected chi connectivity index (χ4v) is 3.11. The Bertz CT molecular complexity index is 355. The molecule has 1 aliphatic rings. The van der Waals surface area contributed by atoms with E-state index < -0.39 is 23.7 Å². The third-order valence-electron chi connectivity index (χ3n) is 2.42. The van der Waals surface area contributed by atoms with Crippen LogP contribution >= 0.6 is 28.0 Å². The summed E-state index contributed by atoms with van der Waals surface area (Å²) in [6.07, 6.45) is -0.418. The Kier molecular flexibility index (Phi) is 4.63. The van der Waals surface area contributed by atoms with E-state index in [4.69, 9.17) is 8.57 Å². The first-order chi connectivity index (χ1) is 8.22. The third-order valence-corrected chi connectivity index (χ3v) is 3.99. The molecule has 0 bridgehead atoms. The zero-order chi connectivity index (χ0) is 12.3. The Morgan fingerprint density at radius 2 is 2.18 bits per heavy atom. The van der Waals surface area contributed by atoms with E-state index in [1.807, 2.05) is 0 Å². The number of hydrogen-bond acceptors (Lipinski definition) is 6. The molecule has 0 amide bonds. The van der Waals surface area contributed by atoms with Gasteiger partial charge in [-0.25, -0.2) is 4.98 Å². The molecule has 1 aromatic heterocycles. The summed E-state index contributed by atoms with van der Waals surface area (Å²) in [5.74, 6) is 0.788. The van der Waals surface area contributed by atoms with E-state index in [1.165, 1.54) is 11.8 Å². The van der Waals surface area contributed by atoms with Crippen molar-refractivity contribution in [3.05, 3.63) is 24.4 Å². The van der Waals surface area contributed by atoms with Gasteiger partial charge in [-0.15, -0.1) is 11.8 Å². The average Bonchev–Trinajstić information content (AvgIpc) is 2.35. The summed E-state index contributed by atoms with van der Waals surface area (Å²) in [4.78, 5) is 4.01. The normalized spacial score (nSPS) is 33.4. The van der Waals surface area contributed by atoms with Gasteiger partial charge in [0.15, 0.2) is 6.10 Å². The minimum absolute atomic E-state index is 0.394. The number of pyridine rings is 1. The summed E-state index contributed by atoms with van der Waals surface area (Å²) in [6.45, 7) is 0. The van der Waals surface area contributed by atoms with Gasteiger partial charge in [0.05, 0.1) is 16.3 Å². The summed E-state index contributed by atoms with van der Waals surface area (Å²) in [5.41, 5.74) is -0.744. The van der Waals surface area contributed by atoms with Crippen molar-refractivity contribution in [2.24, 2.45) is 0 Å². The van der Waals surface area contributed by atoms with Crippen molar-refractivity contribution in [2.75, 3.05) is 5.75 Å². The SMILES string of the molecule is O[C@@H]1CS[C@@H](O)[C@H](OBr)[C@H]1Oc1ccccn1. The second-order valence-corrected chi connectivity index (χ2v) is 5.12. The second-order valence-electron chi connectivity index (χ2n) is 3.60. The van der Waals surface area contributed by atoms with Gasteiger partial charge in [-0.05, 0) is 6.07 Å². The average molecular weight is 322 g/mol. The summed E-state index contributed by atoms with van der Waals surface area (Å²) < 4.78 is 10.5. The van der Waals surface area contributed by atoms with Crippen molar-refractivity contribution >= 4 is 28.0 Å². The second kappa shape index (κ2) is 6.01. The number of thioether (sulfide) groups is 1. The predicted molar refractivity (Wildman–Crippen MR) is 66.9 cm³/mol. The smallest absolute Gasteiger partial charge is 0.213 e. The van der Waals surface area contributed by atoms with Crippen molar-refractivity contribution in [2.45, 2.75) is 23.7 Å². The number of aliphatic hydroxyl groups is 2. The van der Waals surface area contributed by atoms with Crippen molar-refractivity contribution in [1.82, 2.24) is 4.98 Å². The van der Waals surface area contributed by atoms with Gasteiger partial charge in [-0.2, -0.15) is 0 Å². The zero-order valence-corrected chi connectivity index (χ0v) is 11.2. The zero-order valence-electron chi connectivity index (χ0n) is 8.77. The summed E-state index contributed by atoms with van der Waals surface area (Å²) in [6, 6.07) is 5.24. The molecule has 94 valence electrons. The maximum atomic E-state index is 9.86. The van der Waals surface area contributed by atoms with Crippen LogP contribution in [0.3, 0.4) is 0 Å². The quantitative estimate of drug-likeness (QED) is 0.863. The number of halogens is 1.